The van der Waals surface area contributed by atoms with Crippen LogP contribution in [-0.4, -0.2) is 12.9 Å². The van der Waals surface area contributed by atoms with E-state index in [1.165, 1.54) is 0 Å². The van der Waals surface area contributed by atoms with Crippen LogP contribution in [0.5, 0.6) is 5.75 Å². The van der Waals surface area contributed by atoms with Crippen molar-refractivity contribution in [3.05, 3.63) is 29.3 Å². The topological polar surface area (TPSA) is 26.3 Å². The van der Waals surface area contributed by atoms with Crippen LogP contribution in [0.15, 0.2) is 18.2 Å². The molecule has 16 heavy (non-hydrogen) atoms. The highest BCUT2D eigenvalue weighted by molar-refractivity contribution is 5.51. The van der Waals surface area contributed by atoms with Gasteiger partial charge in [0.1, 0.15) is 12.0 Å². The highest BCUT2D eigenvalue weighted by atomic mass is 19.3. The van der Waals surface area contributed by atoms with E-state index in [4.69, 9.17) is 0 Å². The normalized spacial score (nSPS) is 10.5. The van der Waals surface area contributed by atoms with Gasteiger partial charge in [-0.1, -0.05) is 25.1 Å². The molecule has 0 aliphatic rings. The van der Waals surface area contributed by atoms with Crippen LogP contribution in [0.1, 0.15) is 24.5 Å². The molecule has 88 valence electrons. The van der Waals surface area contributed by atoms with Crippen LogP contribution in [0.3, 0.4) is 0 Å². The third-order valence-corrected chi connectivity index (χ3v) is 2.30. The molecule has 0 radical (unpaired) electrons. The highest BCUT2D eigenvalue weighted by Crippen LogP contribution is 2.27. The Hall–Kier alpha value is -1.45. The van der Waals surface area contributed by atoms with Gasteiger partial charge in [0.2, 0.25) is 0 Å². The Morgan fingerprint density at radius 3 is 2.62 bits per heavy atom. The molecule has 0 unspecified atom stereocenters. The first-order valence-electron chi connectivity index (χ1n) is 5.18. The van der Waals surface area contributed by atoms with Gasteiger partial charge in [-0.2, -0.15) is 8.78 Å². The van der Waals surface area contributed by atoms with Crippen LogP contribution in [0.2, 0.25) is 0 Å². The number of aldehydes is 1. The van der Waals surface area contributed by atoms with E-state index in [0.29, 0.717) is 24.8 Å². The van der Waals surface area contributed by atoms with Gasteiger partial charge in [0, 0.05) is 6.42 Å². The van der Waals surface area contributed by atoms with E-state index < -0.39 is 6.61 Å². The van der Waals surface area contributed by atoms with Crippen LogP contribution in [0.25, 0.3) is 0 Å². The van der Waals surface area contributed by atoms with Gasteiger partial charge in [-0.25, -0.2) is 0 Å². The third kappa shape index (κ3) is 3.29. The minimum absolute atomic E-state index is 0.224. The number of ether oxygens (including phenoxy) is 1. The second-order valence-corrected chi connectivity index (χ2v) is 3.34. The summed E-state index contributed by atoms with van der Waals surface area (Å²) in [5.41, 5.74) is 1.40. The number of benzene rings is 1. The van der Waals surface area contributed by atoms with Gasteiger partial charge in [-0.05, 0) is 24.0 Å². The molecule has 0 amide bonds. The quantitative estimate of drug-likeness (QED) is 0.700. The lowest BCUT2D eigenvalue weighted by Gasteiger charge is -2.13. The van der Waals surface area contributed by atoms with E-state index in [0.717, 1.165) is 11.8 Å². The Balaban J connectivity index is 2.99. The molecule has 1 aromatic carbocycles. The van der Waals surface area contributed by atoms with Crippen LogP contribution in [-0.2, 0) is 17.6 Å². The highest BCUT2D eigenvalue weighted by Gasteiger charge is 2.13. The van der Waals surface area contributed by atoms with Gasteiger partial charge in [-0.3, -0.25) is 0 Å². The van der Waals surface area contributed by atoms with Gasteiger partial charge in [0.25, 0.3) is 0 Å². The Kier molecular flexibility index (Phi) is 4.89. The van der Waals surface area contributed by atoms with Gasteiger partial charge < -0.3 is 9.53 Å². The van der Waals surface area contributed by atoms with Crippen LogP contribution < -0.4 is 4.74 Å². The van der Waals surface area contributed by atoms with Gasteiger partial charge >= 0.3 is 6.61 Å². The van der Waals surface area contributed by atoms with Crippen molar-refractivity contribution in [1.29, 1.82) is 0 Å². The van der Waals surface area contributed by atoms with Crippen molar-refractivity contribution in [3.63, 3.8) is 0 Å². The van der Waals surface area contributed by atoms with Gasteiger partial charge in [0.15, 0.2) is 0 Å². The summed E-state index contributed by atoms with van der Waals surface area (Å²) in [7, 11) is 0. The van der Waals surface area contributed by atoms with E-state index >= 15 is 0 Å². The fourth-order valence-corrected chi connectivity index (χ4v) is 1.57. The molecule has 0 aromatic heterocycles. The Labute approximate surface area is 93.2 Å². The number of alkyl halides is 2. The molecule has 0 aliphatic heterocycles. The second-order valence-electron chi connectivity index (χ2n) is 3.34. The molecule has 0 heterocycles. The molecule has 1 aromatic rings. The summed E-state index contributed by atoms with van der Waals surface area (Å²) in [6, 6.07) is 5.25. The smallest absolute Gasteiger partial charge is 0.387 e. The summed E-state index contributed by atoms with van der Waals surface area (Å²) in [4.78, 5) is 10.3. The molecule has 0 aliphatic carbocycles. The lowest BCUT2D eigenvalue weighted by Crippen LogP contribution is -2.07. The molecule has 0 atom stereocenters. The number of rotatable bonds is 6. The Morgan fingerprint density at radius 2 is 2.06 bits per heavy atom. The van der Waals surface area contributed by atoms with Gasteiger partial charge in [0.05, 0.1) is 0 Å². The SMILES string of the molecule is CCc1cccc(CCC=O)c1OC(F)F. The maximum Gasteiger partial charge on any atom is 0.387 e. The Bertz CT molecular complexity index is 351. The molecule has 0 fully saturated rings. The number of hydrogen-bond acceptors (Lipinski definition) is 2. The van der Waals surface area contributed by atoms with Crippen LogP contribution in [0.4, 0.5) is 8.78 Å². The fraction of sp³-hybridized carbons (Fsp3) is 0.417. The van der Waals surface area contributed by atoms with E-state index in [1.54, 1.807) is 18.2 Å². The van der Waals surface area contributed by atoms with Gasteiger partial charge in [-0.15, -0.1) is 0 Å². The summed E-state index contributed by atoms with van der Waals surface area (Å²) < 4.78 is 29.0. The largest absolute Gasteiger partial charge is 0.434 e. The minimum atomic E-state index is -2.83. The zero-order valence-electron chi connectivity index (χ0n) is 9.08. The summed E-state index contributed by atoms with van der Waals surface area (Å²) in [6.45, 7) is -0.959. The molecule has 0 N–H and O–H groups in total. The van der Waals surface area contributed by atoms with Crippen molar-refractivity contribution < 1.29 is 18.3 Å². The molecule has 4 heteroatoms. The van der Waals surface area contributed by atoms with Crippen molar-refractivity contribution in [1.82, 2.24) is 0 Å². The van der Waals surface area contributed by atoms with Crippen molar-refractivity contribution in [2.75, 3.05) is 0 Å². The minimum Gasteiger partial charge on any atom is -0.434 e. The number of hydrogen-bond donors (Lipinski definition) is 0. The van der Waals surface area contributed by atoms with Crippen LogP contribution in [0, 0.1) is 0 Å². The zero-order chi connectivity index (χ0) is 12.0. The predicted molar refractivity (Wildman–Crippen MR) is 56.8 cm³/mol. The lowest BCUT2D eigenvalue weighted by molar-refractivity contribution is -0.107. The molecule has 0 bridgehead atoms. The first-order valence-corrected chi connectivity index (χ1v) is 5.18. The standard InChI is InChI=1S/C12H14F2O2/c1-2-9-5-3-6-10(7-4-8-15)11(9)16-12(13)14/h3,5-6,8,12H,2,4,7H2,1H3. The van der Waals surface area contributed by atoms with Crippen molar-refractivity contribution >= 4 is 6.29 Å². The summed E-state index contributed by atoms with van der Waals surface area (Å²) >= 11 is 0. The average molecular weight is 228 g/mol. The second kappa shape index (κ2) is 6.20. The van der Waals surface area contributed by atoms with E-state index in [2.05, 4.69) is 4.74 Å². The average Bonchev–Trinajstić information content (AvgIpc) is 2.27. The maximum atomic E-state index is 12.2. The van der Waals surface area contributed by atoms with E-state index in [-0.39, 0.29) is 5.75 Å². The van der Waals surface area contributed by atoms with Crippen LogP contribution >= 0.6 is 0 Å². The number of aryl methyl sites for hydroxylation is 2. The molecule has 0 saturated heterocycles. The van der Waals surface area contributed by atoms with Crippen molar-refractivity contribution in [2.45, 2.75) is 32.8 Å². The summed E-state index contributed by atoms with van der Waals surface area (Å²) in [5, 5.41) is 0. The third-order valence-electron chi connectivity index (χ3n) is 2.30. The Morgan fingerprint density at radius 1 is 1.38 bits per heavy atom. The fourth-order valence-electron chi connectivity index (χ4n) is 1.57. The molecule has 0 spiro atoms. The first kappa shape index (κ1) is 12.6. The van der Waals surface area contributed by atoms with Crippen molar-refractivity contribution in [2.24, 2.45) is 0 Å². The monoisotopic (exact) mass is 228 g/mol. The van der Waals surface area contributed by atoms with Crippen molar-refractivity contribution in [3.8, 4) is 5.75 Å². The number of carbonyl (C=O) groups is 1. The molecular weight excluding hydrogens is 214 g/mol. The lowest BCUT2D eigenvalue weighted by atomic mass is 10.0. The molecule has 2 nitrogen and oxygen atoms in total. The first-order chi connectivity index (χ1) is 7.69. The summed E-state index contributed by atoms with van der Waals surface area (Å²) in [5.74, 6) is 0.224. The van der Waals surface area contributed by atoms with E-state index in [9.17, 15) is 13.6 Å². The molecular formula is C12H14F2O2. The van der Waals surface area contributed by atoms with E-state index in [1.807, 2.05) is 6.92 Å². The summed E-state index contributed by atoms with van der Waals surface area (Å²) in [6.07, 6.45) is 2.13. The molecule has 0 saturated carbocycles. The number of carbonyl (C=O) groups excluding carboxylic acids is 1. The predicted octanol–water partition coefficient (Wildman–Crippen LogP) is 2.98. The zero-order valence-corrected chi connectivity index (χ0v) is 9.08. The molecule has 1 rings (SSSR count). The number of halogens is 2. The maximum absolute atomic E-state index is 12.2. The number of para-hydroxylation sites is 1.